The van der Waals surface area contributed by atoms with Gasteiger partial charge < -0.3 is 9.47 Å². The summed E-state index contributed by atoms with van der Waals surface area (Å²) in [7, 11) is 0. The van der Waals surface area contributed by atoms with Gasteiger partial charge in [-0.25, -0.2) is 0 Å². The summed E-state index contributed by atoms with van der Waals surface area (Å²) < 4.78 is 9.64. The Hall–Kier alpha value is -1.17. The van der Waals surface area contributed by atoms with Crippen LogP contribution >= 0.6 is 11.6 Å². The highest BCUT2D eigenvalue weighted by atomic mass is 35.5. The van der Waals surface area contributed by atoms with Gasteiger partial charge >= 0.3 is 11.9 Å². The zero-order valence-corrected chi connectivity index (χ0v) is 12.6. The van der Waals surface area contributed by atoms with Crippen LogP contribution in [-0.2, 0) is 19.1 Å². The first kappa shape index (κ1) is 17.8. The summed E-state index contributed by atoms with van der Waals surface area (Å²) in [4.78, 5) is 21.9. The fraction of sp³-hybridized carbons (Fsp3) is 0.833. The summed E-state index contributed by atoms with van der Waals surface area (Å²) in [6, 6.07) is -0.615. The molecule has 0 N–H and O–H groups in total. The molecule has 0 rings (SSSR count). The number of rotatable bonds is 8. The number of carbonyl (C=O) groups is 2. The largest absolute Gasteiger partial charge is 0.466 e. The zero-order chi connectivity index (χ0) is 14.9. The van der Waals surface area contributed by atoms with Crippen LogP contribution in [-0.4, -0.2) is 36.2 Å². The molecular weight excluding hydrogens is 272 g/mol. The van der Waals surface area contributed by atoms with E-state index in [0.29, 0.717) is 0 Å². The van der Waals surface area contributed by atoms with Crippen molar-refractivity contribution in [1.82, 2.24) is 0 Å². The molecule has 7 heteroatoms. The van der Waals surface area contributed by atoms with Gasteiger partial charge in [-0.1, -0.05) is 11.6 Å². The summed E-state index contributed by atoms with van der Waals surface area (Å²) in [5.41, 5.74) is 0. The lowest BCUT2D eigenvalue weighted by atomic mass is 10.1. The molecule has 0 aromatic rings. The van der Waals surface area contributed by atoms with E-state index < -0.39 is 23.0 Å². The van der Waals surface area contributed by atoms with E-state index in [1.54, 1.807) is 27.7 Å². The maximum absolute atomic E-state index is 11.4. The third kappa shape index (κ3) is 10.4. The highest BCUT2D eigenvalue weighted by Gasteiger charge is 2.20. The van der Waals surface area contributed by atoms with Crippen molar-refractivity contribution in [3.05, 3.63) is 0 Å². The average Bonchev–Trinajstić information content (AvgIpc) is 2.25. The van der Waals surface area contributed by atoms with Gasteiger partial charge in [-0.15, -0.1) is 0 Å². The smallest absolute Gasteiger partial charge is 0.308 e. The molecule has 0 aromatic carbocycles. The number of nitrogens with zero attached hydrogens (tertiary/aromatic N) is 2. The van der Waals surface area contributed by atoms with Crippen molar-refractivity contribution >= 4 is 23.5 Å². The van der Waals surface area contributed by atoms with E-state index in [1.807, 2.05) is 0 Å². The molecule has 0 fully saturated rings. The molecule has 0 radical (unpaired) electrons. The highest BCUT2D eigenvalue weighted by Crippen LogP contribution is 2.17. The van der Waals surface area contributed by atoms with Crippen LogP contribution in [0.5, 0.6) is 0 Å². The number of ether oxygens (including phenoxy) is 2. The maximum Gasteiger partial charge on any atom is 0.308 e. The van der Waals surface area contributed by atoms with Crippen molar-refractivity contribution < 1.29 is 19.1 Å². The monoisotopic (exact) mass is 292 g/mol. The van der Waals surface area contributed by atoms with Crippen LogP contribution < -0.4 is 0 Å². The number of azo groups is 1. The number of halogens is 1. The standard InChI is InChI=1S/C12H21ClN2O4/c1-5-18-10(16)7-9(8-11(17)19-6-2)14-15-12(3,4)13/h9H,5-8H2,1-4H3. The zero-order valence-electron chi connectivity index (χ0n) is 11.8. The minimum absolute atomic E-state index is 0.0247. The molecule has 0 atom stereocenters. The van der Waals surface area contributed by atoms with Gasteiger partial charge in [0.15, 0.2) is 0 Å². The van der Waals surface area contributed by atoms with E-state index in [4.69, 9.17) is 21.1 Å². The minimum atomic E-state index is -0.873. The molecule has 19 heavy (non-hydrogen) atoms. The highest BCUT2D eigenvalue weighted by molar-refractivity contribution is 6.23. The van der Waals surface area contributed by atoms with Crippen molar-refractivity contribution in [1.29, 1.82) is 0 Å². The van der Waals surface area contributed by atoms with Gasteiger partial charge in [-0.2, -0.15) is 10.2 Å². The summed E-state index contributed by atoms with van der Waals surface area (Å²) in [6.45, 7) is 7.29. The molecule has 0 spiro atoms. The van der Waals surface area contributed by atoms with Gasteiger partial charge in [-0.3, -0.25) is 9.59 Å². The Labute approximate surface area is 118 Å². The molecule has 0 aliphatic rings. The van der Waals surface area contributed by atoms with Gasteiger partial charge in [0, 0.05) is 0 Å². The Morgan fingerprint density at radius 1 is 1.11 bits per heavy atom. The molecule has 0 amide bonds. The van der Waals surface area contributed by atoms with Crippen molar-refractivity contribution in [3.63, 3.8) is 0 Å². The van der Waals surface area contributed by atoms with Crippen molar-refractivity contribution in [2.45, 2.75) is 51.6 Å². The lowest BCUT2D eigenvalue weighted by Gasteiger charge is -2.13. The van der Waals surface area contributed by atoms with Gasteiger partial charge in [0.05, 0.1) is 32.1 Å². The van der Waals surface area contributed by atoms with Crippen LogP contribution in [0, 0.1) is 0 Å². The molecule has 0 unspecified atom stereocenters. The van der Waals surface area contributed by atoms with Gasteiger partial charge in [-0.05, 0) is 27.7 Å². The summed E-state index contributed by atoms with van der Waals surface area (Å²) in [6.07, 6.45) is -0.0494. The van der Waals surface area contributed by atoms with Crippen LogP contribution in [0.4, 0.5) is 0 Å². The third-order valence-electron chi connectivity index (χ3n) is 1.87. The van der Waals surface area contributed by atoms with Crippen LogP contribution in [0.25, 0.3) is 0 Å². The molecule has 0 aromatic heterocycles. The Morgan fingerprint density at radius 2 is 1.53 bits per heavy atom. The van der Waals surface area contributed by atoms with Crippen molar-refractivity contribution in [3.8, 4) is 0 Å². The fourth-order valence-electron chi connectivity index (χ4n) is 1.20. The predicted molar refractivity (Wildman–Crippen MR) is 71.1 cm³/mol. The average molecular weight is 293 g/mol. The van der Waals surface area contributed by atoms with E-state index in [-0.39, 0.29) is 26.1 Å². The molecule has 0 saturated heterocycles. The van der Waals surface area contributed by atoms with Gasteiger partial charge in [0.25, 0.3) is 0 Å². The Morgan fingerprint density at radius 3 is 1.84 bits per heavy atom. The van der Waals surface area contributed by atoms with Crippen LogP contribution in [0.1, 0.15) is 40.5 Å². The molecule has 110 valence electrons. The topological polar surface area (TPSA) is 77.3 Å². The molecule has 0 aliphatic carbocycles. The quantitative estimate of drug-likeness (QED) is 0.298. The number of carbonyl (C=O) groups excluding carboxylic acids is 2. The van der Waals surface area contributed by atoms with Gasteiger partial charge in [0.1, 0.15) is 5.00 Å². The van der Waals surface area contributed by atoms with Crippen LogP contribution in [0.15, 0.2) is 10.2 Å². The van der Waals surface area contributed by atoms with E-state index >= 15 is 0 Å². The summed E-state index contributed by atoms with van der Waals surface area (Å²) >= 11 is 5.88. The van der Waals surface area contributed by atoms with E-state index in [1.165, 1.54) is 0 Å². The second kappa shape index (κ2) is 8.85. The molecule has 0 aliphatic heterocycles. The minimum Gasteiger partial charge on any atom is -0.466 e. The molecule has 0 bridgehead atoms. The molecule has 0 saturated carbocycles. The Kier molecular flexibility index (Phi) is 8.30. The predicted octanol–water partition coefficient (Wildman–Crippen LogP) is 2.69. The summed E-state index contributed by atoms with van der Waals surface area (Å²) in [5, 5.41) is 7.79. The lowest BCUT2D eigenvalue weighted by Crippen LogP contribution is -2.20. The van der Waals surface area contributed by atoms with E-state index in [2.05, 4.69) is 10.2 Å². The Balaban J connectivity index is 4.59. The number of esters is 2. The van der Waals surface area contributed by atoms with Crippen LogP contribution in [0.2, 0.25) is 0 Å². The summed E-state index contributed by atoms with van der Waals surface area (Å²) in [5.74, 6) is -0.855. The number of hydrogen-bond donors (Lipinski definition) is 0. The van der Waals surface area contributed by atoms with Crippen LogP contribution in [0.3, 0.4) is 0 Å². The molecule has 6 nitrogen and oxygen atoms in total. The first-order valence-electron chi connectivity index (χ1n) is 6.20. The van der Waals surface area contributed by atoms with E-state index in [9.17, 15) is 9.59 Å². The normalized spacial score (nSPS) is 11.9. The van der Waals surface area contributed by atoms with Gasteiger partial charge in [0.2, 0.25) is 0 Å². The fourth-order valence-corrected chi connectivity index (χ4v) is 1.24. The first-order valence-corrected chi connectivity index (χ1v) is 6.58. The number of hydrogen-bond acceptors (Lipinski definition) is 6. The SMILES string of the molecule is CCOC(=O)CC(CC(=O)OCC)N=NC(C)(C)Cl. The van der Waals surface area contributed by atoms with E-state index in [0.717, 1.165) is 0 Å². The Bertz CT molecular complexity index is 306. The third-order valence-corrected chi connectivity index (χ3v) is 1.95. The molecule has 0 heterocycles. The number of alkyl halides is 1. The van der Waals surface area contributed by atoms with Crippen molar-refractivity contribution in [2.24, 2.45) is 10.2 Å². The lowest BCUT2D eigenvalue weighted by molar-refractivity contribution is -0.145. The maximum atomic E-state index is 11.4. The van der Waals surface area contributed by atoms with Crippen molar-refractivity contribution in [2.75, 3.05) is 13.2 Å². The first-order chi connectivity index (χ1) is 8.78. The second-order valence-corrected chi connectivity index (χ2v) is 5.22. The second-order valence-electron chi connectivity index (χ2n) is 4.30. The molecular formula is C12H21ClN2O4.